The maximum absolute atomic E-state index is 13.4. The fourth-order valence-electron chi connectivity index (χ4n) is 3.79. The van der Waals surface area contributed by atoms with Gasteiger partial charge < -0.3 is 5.32 Å². The zero-order valence-electron chi connectivity index (χ0n) is 19.6. The Morgan fingerprint density at radius 3 is 2.21 bits per heavy atom. The molecule has 0 saturated heterocycles. The van der Waals surface area contributed by atoms with Crippen molar-refractivity contribution in [3.05, 3.63) is 98.5 Å². The van der Waals surface area contributed by atoms with Crippen molar-refractivity contribution in [2.24, 2.45) is 0 Å². The molecule has 0 heterocycles. The van der Waals surface area contributed by atoms with E-state index >= 15 is 0 Å². The summed E-state index contributed by atoms with van der Waals surface area (Å²) in [5, 5.41) is 3.87. The van der Waals surface area contributed by atoms with Gasteiger partial charge in [-0.05, 0) is 91.9 Å². The van der Waals surface area contributed by atoms with Crippen LogP contribution >= 0.6 is 23.2 Å². The summed E-state index contributed by atoms with van der Waals surface area (Å²) in [7, 11) is -3.97. The first kappa shape index (κ1) is 26.2. The lowest BCUT2D eigenvalue weighted by atomic mass is 9.96. The molecule has 0 bridgehead atoms. The number of amides is 1. The van der Waals surface area contributed by atoms with E-state index in [4.69, 9.17) is 23.2 Å². The van der Waals surface area contributed by atoms with Gasteiger partial charge in [-0.3, -0.25) is 4.79 Å². The first-order valence-corrected chi connectivity index (χ1v) is 13.0. The van der Waals surface area contributed by atoms with Crippen LogP contribution < -0.4 is 5.32 Å². The zero-order chi connectivity index (χ0) is 25.0. The van der Waals surface area contributed by atoms with Crippen molar-refractivity contribution >= 4 is 39.1 Å². The van der Waals surface area contributed by atoms with E-state index in [1.54, 1.807) is 24.3 Å². The molecule has 0 spiro atoms. The van der Waals surface area contributed by atoms with Gasteiger partial charge in [0.05, 0.1) is 17.5 Å². The van der Waals surface area contributed by atoms with E-state index in [2.05, 4.69) is 17.4 Å². The maximum atomic E-state index is 13.4. The van der Waals surface area contributed by atoms with E-state index in [1.165, 1.54) is 29.8 Å². The Balaban J connectivity index is 1.86. The lowest BCUT2D eigenvalue weighted by Gasteiger charge is -2.24. The molecule has 0 unspecified atom stereocenters. The maximum Gasteiger partial charge on any atom is 0.243 e. The number of halogens is 2. The highest BCUT2D eigenvalue weighted by Crippen LogP contribution is 2.24. The Morgan fingerprint density at radius 2 is 1.56 bits per heavy atom. The molecular formula is C26H28Cl2N2O3S. The Bertz CT molecular complexity index is 1290. The van der Waals surface area contributed by atoms with Crippen LogP contribution in [0.3, 0.4) is 0 Å². The number of nitrogens with one attached hydrogen (secondary N) is 1. The van der Waals surface area contributed by atoms with E-state index in [-0.39, 0.29) is 24.0 Å². The van der Waals surface area contributed by atoms with Crippen LogP contribution in [0.1, 0.15) is 40.8 Å². The van der Waals surface area contributed by atoms with E-state index in [0.717, 1.165) is 21.0 Å². The van der Waals surface area contributed by atoms with Gasteiger partial charge in [0.25, 0.3) is 0 Å². The Kier molecular flexibility index (Phi) is 8.42. The molecule has 5 nitrogen and oxygen atoms in total. The van der Waals surface area contributed by atoms with Crippen molar-refractivity contribution in [2.75, 3.05) is 6.54 Å². The Morgan fingerprint density at radius 1 is 0.912 bits per heavy atom. The molecule has 0 aliphatic rings. The number of rotatable bonds is 8. The van der Waals surface area contributed by atoms with E-state index < -0.39 is 15.9 Å². The fourth-order valence-corrected chi connectivity index (χ4v) is 5.52. The third-order valence-corrected chi connectivity index (χ3v) is 8.04. The summed E-state index contributed by atoms with van der Waals surface area (Å²) in [4.78, 5) is 13.1. The number of sulfonamides is 1. The lowest BCUT2D eigenvalue weighted by molar-refractivity contribution is -0.122. The highest BCUT2D eigenvalue weighted by atomic mass is 35.5. The summed E-state index contributed by atoms with van der Waals surface area (Å²) in [5.74, 6) is -0.398. The van der Waals surface area contributed by atoms with E-state index in [9.17, 15) is 13.2 Å². The van der Waals surface area contributed by atoms with Crippen LogP contribution in [0, 0.1) is 20.8 Å². The average molecular weight is 519 g/mol. The van der Waals surface area contributed by atoms with Gasteiger partial charge in [0.1, 0.15) is 0 Å². The second-order valence-corrected chi connectivity index (χ2v) is 11.3. The predicted octanol–water partition coefficient (Wildman–Crippen LogP) is 5.99. The molecule has 1 atom stereocenters. The largest absolute Gasteiger partial charge is 0.348 e. The SMILES string of the molecule is Cc1cc(C)c([C@@H](C)NC(=O)CN(Cc2cccc(Cl)c2)S(=O)(=O)c2ccc(Cl)cc2)cc1C. The fraction of sp³-hybridized carbons (Fsp3) is 0.269. The van der Waals surface area contributed by atoms with Crippen LogP contribution in [0.15, 0.2) is 65.6 Å². The van der Waals surface area contributed by atoms with E-state index in [0.29, 0.717) is 15.6 Å². The number of carbonyl (C=O) groups excluding carboxylic acids is 1. The molecule has 180 valence electrons. The first-order chi connectivity index (χ1) is 16.0. The molecule has 34 heavy (non-hydrogen) atoms. The van der Waals surface area contributed by atoms with Crippen molar-refractivity contribution in [2.45, 2.75) is 45.2 Å². The smallest absolute Gasteiger partial charge is 0.243 e. The van der Waals surface area contributed by atoms with Gasteiger partial charge in [0.2, 0.25) is 15.9 Å². The number of nitrogens with zero attached hydrogens (tertiary/aromatic N) is 1. The number of hydrogen-bond acceptors (Lipinski definition) is 3. The topological polar surface area (TPSA) is 66.5 Å². The summed E-state index contributed by atoms with van der Waals surface area (Å²) in [5.41, 5.74) is 5.06. The zero-order valence-corrected chi connectivity index (χ0v) is 21.9. The molecule has 0 aliphatic carbocycles. The molecule has 8 heteroatoms. The molecule has 3 aromatic carbocycles. The number of aryl methyl sites for hydroxylation is 3. The molecular weight excluding hydrogens is 491 g/mol. The standard InChI is InChI=1S/C26H28Cl2N2O3S/c1-17-12-19(3)25(13-18(17)2)20(4)29-26(31)16-30(15-21-6-5-7-23(28)14-21)34(32,33)24-10-8-22(27)9-11-24/h5-14,20H,15-16H2,1-4H3,(H,29,31)/t20-/m1/s1. The van der Waals surface area contributed by atoms with Gasteiger partial charge in [-0.25, -0.2) is 8.42 Å². The summed E-state index contributed by atoms with van der Waals surface area (Å²) in [6.07, 6.45) is 0. The van der Waals surface area contributed by atoms with Crippen LogP contribution in [0.5, 0.6) is 0 Å². The average Bonchev–Trinajstić information content (AvgIpc) is 2.76. The highest BCUT2D eigenvalue weighted by Gasteiger charge is 2.28. The highest BCUT2D eigenvalue weighted by molar-refractivity contribution is 7.89. The monoisotopic (exact) mass is 518 g/mol. The predicted molar refractivity (Wildman–Crippen MR) is 138 cm³/mol. The molecule has 0 saturated carbocycles. The number of carbonyl (C=O) groups is 1. The molecule has 0 aliphatic heterocycles. The minimum absolute atomic E-state index is 0.00398. The van der Waals surface area contributed by atoms with Crippen molar-refractivity contribution in [1.82, 2.24) is 9.62 Å². The second-order valence-electron chi connectivity index (χ2n) is 8.44. The molecule has 0 fully saturated rings. The van der Waals surface area contributed by atoms with Gasteiger partial charge >= 0.3 is 0 Å². The van der Waals surface area contributed by atoms with Crippen molar-refractivity contribution < 1.29 is 13.2 Å². The first-order valence-electron chi connectivity index (χ1n) is 10.8. The third kappa shape index (κ3) is 6.39. The Labute approximate surface area is 211 Å². The quantitative estimate of drug-likeness (QED) is 0.398. The molecule has 1 N–H and O–H groups in total. The minimum Gasteiger partial charge on any atom is -0.348 e. The van der Waals surface area contributed by atoms with Gasteiger partial charge in [0, 0.05) is 16.6 Å². The second kappa shape index (κ2) is 10.9. The van der Waals surface area contributed by atoms with Crippen molar-refractivity contribution in [1.29, 1.82) is 0 Å². The summed E-state index contributed by atoms with van der Waals surface area (Å²) < 4.78 is 28.0. The molecule has 1 amide bonds. The van der Waals surface area contributed by atoms with E-state index in [1.807, 2.05) is 27.7 Å². The normalized spacial score (nSPS) is 12.6. The number of hydrogen-bond donors (Lipinski definition) is 1. The molecule has 3 aromatic rings. The van der Waals surface area contributed by atoms with Crippen LogP contribution in [0.25, 0.3) is 0 Å². The lowest BCUT2D eigenvalue weighted by Crippen LogP contribution is -2.41. The van der Waals surface area contributed by atoms with Crippen molar-refractivity contribution in [3.8, 4) is 0 Å². The van der Waals surface area contributed by atoms with Gasteiger partial charge in [-0.1, -0.05) is 47.5 Å². The summed E-state index contributed by atoms with van der Waals surface area (Å²) >= 11 is 12.0. The summed E-state index contributed by atoms with van der Waals surface area (Å²) in [6, 6.07) is 16.7. The molecule has 0 aromatic heterocycles. The van der Waals surface area contributed by atoms with Crippen LogP contribution in [-0.2, 0) is 21.4 Å². The van der Waals surface area contributed by atoms with Crippen molar-refractivity contribution in [3.63, 3.8) is 0 Å². The third-order valence-electron chi connectivity index (χ3n) is 5.75. The molecule has 3 rings (SSSR count). The Hall–Kier alpha value is -2.38. The van der Waals surface area contributed by atoms with Gasteiger partial charge in [0.15, 0.2) is 0 Å². The van der Waals surface area contributed by atoms with Gasteiger partial charge in [-0.2, -0.15) is 4.31 Å². The van der Waals surface area contributed by atoms with Crippen LogP contribution in [0.4, 0.5) is 0 Å². The summed E-state index contributed by atoms with van der Waals surface area (Å²) in [6.45, 7) is 7.62. The van der Waals surface area contributed by atoms with Crippen LogP contribution in [0.2, 0.25) is 10.0 Å². The van der Waals surface area contributed by atoms with Crippen LogP contribution in [-0.4, -0.2) is 25.2 Å². The molecule has 0 radical (unpaired) electrons. The number of benzene rings is 3. The van der Waals surface area contributed by atoms with Gasteiger partial charge in [-0.15, -0.1) is 0 Å². The minimum atomic E-state index is -3.97.